The van der Waals surface area contributed by atoms with E-state index in [1.165, 1.54) is 43.2 Å². The van der Waals surface area contributed by atoms with Crippen molar-refractivity contribution in [1.82, 2.24) is 0 Å². The van der Waals surface area contributed by atoms with Gasteiger partial charge in [0, 0.05) is 0 Å². The number of ether oxygens (including phenoxy) is 1. The van der Waals surface area contributed by atoms with Gasteiger partial charge in [0.15, 0.2) is 0 Å². The van der Waals surface area contributed by atoms with Crippen LogP contribution in [0.3, 0.4) is 0 Å². The molecule has 0 atom stereocenters. The molecule has 0 bridgehead atoms. The van der Waals surface area contributed by atoms with Crippen molar-refractivity contribution in [1.29, 1.82) is 0 Å². The van der Waals surface area contributed by atoms with Crippen LogP contribution < -0.4 is 9.20 Å². The van der Waals surface area contributed by atoms with Crippen LogP contribution in [0.15, 0.2) is 23.8 Å². The van der Waals surface area contributed by atoms with Crippen molar-refractivity contribution >= 4 is 25.4 Å². The van der Waals surface area contributed by atoms with Gasteiger partial charge in [0.1, 0.15) is 0 Å². The molecule has 1 N–H and O–H groups in total. The fraction of sp³-hybridized carbons (Fsp3) is 0.577. The number of carboxylic acid groups (broad SMARTS) is 1. The number of carboxylic acids is 1. The Morgan fingerprint density at radius 1 is 1.13 bits per heavy atom. The minimum absolute atomic E-state index is 0.0982. The molecule has 0 unspecified atom stereocenters. The number of carbonyl (C=O) groups is 1. The monoisotopic (exact) mass is 476 g/mol. The van der Waals surface area contributed by atoms with Crippen LogP contribution in [0.5, 0.6) is 5.75 Å². The van der Waals surface area contributed by atoms with E-state index >= 15 is 0 Å². The molecule has 0 amide bonds. The summed E-state index contributed by atoms with van der Waals surface area (Å²) in [6, 6.07) is 4.59. The second kappa shape index (κ2) is 10.6. The Balaban J connectivity index is 2.37. The molecule has 3 nitrogen and oxygen atoms in total. The molecule has 0 radical (unpaired) electrons. The molecule has 2 rings (SSSR count). The van der Waals surface area contributed by atoms with Gasteiger partial charge in [-0.15, -0.1) is 0 Å². The number of hydrogen-bond acceptors (Lipinski definition) is 2. The van der Waals surface area contributed by atoms with Gasteiger partial charge in [-0.3, -0.25) is 0 Å². The Morgan fingerprint density at radius 3 is 2.37 bits per heavy atom. The molecule has 0 fully saturated rings. The van der Waals surface area contributed by atoms with Crippen molar-refractivity contribution in [2.24, 2.45) is 0 Å². The number of aliphatic carboxylic acids is 1. The SMILES string of the molecule is CCCCCCOc1cc2c(cc1[Se]C#C/C(C)=C/C(=O)O)C(C)(C)CCC2(C)C. The minimum atomic E-state index is -0.955. The predicted molar refractivity (Wildman–Crippen MR) is 126 cm³/mol. The third kappa shape index (κ3) is 6.66. The fourth-order valence-electron chi connectivity index (χ4n) is 3.86. The van der Waals surface area contributed by atoms with Gasteiger partial charge in [-0.2, -0.15) is 0 Å². The summed E-state index contributed by atoms with van der Waals surface area (Å²) in [5.41, 5.74) is 3.67. The van der Waals surface area contributed by atoms with E-state index in [-0.39, 0.29) is 25.8 Å². The van der Waals surface area contributed by atoms with Gasteiger partial charge in [-0.05, 0) is 0 Å². The molecular formula is C26H36O3Se. The molecule has 1 aliphatic rings. The van der Waals surface area contributed by atoms with E-state index in [2.05, 4.69) is 57.5 Å². The first-order valence-electron chi connectivity index (χ1n) is 11.0. The molecule has 0 aliphatic heterocycles. The van der Waals surface area contributed by atoms with Gasteiger partial charge < -0.3 is 0 Å². The Bertz CT molecular complexity index is 853. The van der Waals surface area contributed by atoms with Gasteiger partial charge in [0.05, 0.1) is 0 Å². The first kappa shape index (κ1) is 24.6. The van der Waals surface area contributed by atoms with Crippen LogP contribution in [0, 0.1) is 10.7 Å². The number of hydrogen-bond donors (Lipinski definition) is 1. The first-order valence-corrected chi connectivity index (χ1v) is 12.7. The van der Waals surface area contributed by atoms with Crippen molar-refractivity contribution in [3.63, 3.8) is 0 Å². The van der Waals surface area contributed by atoms with Crippen LogP contribution in [-0.4, -0.2) is 32.6 Å². The molecular weight excluding hydrogens is 439 g/mol. The molecule has 0 aromatic heterocycles. The average Bonchev–Trinajstić information content (AvgIpc) is 2.65. The van der Waals surface area contributed by atoms with Crippen LogP contribution in [-0.2, 0) is 15.6 Å². The Hall–Kier alpha value is -1.69. The van der Waals surface area contributed by atoms with Gasteiger partial charge in [0.2, 0.25) is 0 Å². The van der Waals surface area contributed by atoms with Crippen LogP contribution in [0.4, 0.5) is 0 Å². The van der Waals surface area contributed by atoms with Crippen LogP contribution in [0.1, 0.15) is 91.2 Å². The average molecular weight is 476 g/mol. The Morgan fingerprint density at radius 2 is 1.77 bits per heavy atom. The van der Waals surface area contributed by atoms with Crippen molar-refractivity contribution < 1.29 is 14.6 Å². The van der Waals surface area contributed by atoms with E-state index in [0.29, 0.717) is 5.57 Å². The number of unbranched alkanes of at least 4 members (excludes halogenated alkanes) is 3. The summed E-state index contributed by atoms with van der Waals surface area (Å²) in [5, 5.41) is 8.88. The summed E-state index contributed by atoms with van der Waals surface area (Å²) >= 11 is -0.0982. The molecule has 1 aromatic rings. The molecule has 0 saturated carbocycles. The summed E-state index contributed by atoms with van der Waals surface area (Å²) < 4.78 is 7.44. The first-order chi connectivity index (χ1) is 14.1. The predicted octanol–water partition coefficient (Wildman–Crippen LogP) is 5.32. The summed E-state index contributed by atoms with van der Waals surface area (Å²) in [5.74, 6) is 3.00. The number of allylic oxidation sites excluding steroid dienone is 1. The van der Waals surface area contributed by atoms with Crippen molar-refractivity contribution in [2.75, 3.05) is 6.61 Å². The van der Waals surface area contributed by atoms with E-state index in [1.807, 2.05) is 0 Å². The van der Waals surface area contributed by atoms with E-state index in [0.717, 1.165) is 29.3 Å². The topological polar surface area (TPSA) is 46.5 Å². The van der Waals surface area contributed by atoms with E-state index < -0.39 is 5.97 Å². The molecule has 4 heteroatoms. The zero-order valence-electron chi connectivity index (χ0n) is 19.4. The number of benzene rings is 1. The molecule has 0 saturated heterocycles. The normalized spacial score (nSPS) is 16.9. The Kier molecular flexibility index (Phi) is 8.65. The van der Waals surface area contributed by atoms with Gasteiger partial charge >= 0.3 is 189 Å². The van der Waals surface area contributed by atoms with Crippen LogP contribution in [0.25, 0.3) is 0 Å². The van der Waals surface area contributed by atoms with Crippen molar-refractivity contribution in [3.8, 4) is 16.5 Å². The quantitative estimate of drug-likeness (QED) is 0.240. The molecule has 30 heavy (non-hydrogen) atoms. The number of rotatable bonds is 8. The molecule has 0 heterocycles. The second-order valence-corrected chi connectivity index (χ2v) is 11.3. The standard InChI is InChI=1S/C26H36O3Se/c1-7-8-9-10-14-29-22-17-20-21(26(5,6)13-12-25(20,3)4)18-23(22)30-15-11-19(2)16-24(27)28/h16-18H,7-10,12-14H2,1-6H3,(H,27,28)/b19-16+. The maximum absolute atomic E-state index is 10.8. The fourth-order valence-corrected chi connectivity index (χ4v) is 5.36. The second-order valence-electron chi connectivity index (χ2n) is 9.52. The zero-order chi connectivity index (χ0) is 22.4. The third-order valence-corrected chi connectivity index (χ3v) is 7.48. The maximum atomic E-state index is 10.8. The van der Waals surface area contributed by atoms with Gasteiger partial charge in [-0.25, -0.2) is 0 Å². The zero-order valence-corrected chi connectivity index (χ0v) is 21.1. The number of fused-ring (bicyclic) bond motifs is 1. The molecule has 1 aliphatic carbocycles. The van der Waals surface area contributed by atoms with E-state index in [4.69, 9.17) is 9.84 Å². The summed E-state index contributed by atoms with van der Waals surface area (Å²) in [6.45, 7) is 14.0. The van der Waals surface area contributed by atoms with E-state index in [1.54, 1.807) is 6.92 Å². The summed E-state index contributed by atoms with van der Waals surface area (Å²) in [4.78, 5) is 14.0. The summed E-state index contributed by atoms with van der Waals surface area (Å²) in [7, 11) is 0. The van der Waals surface area contributed by atoms with E-state index in [9.17, 15) is 4.79 Å². The van der Waals surface area contributed by atoms with Gasteiger partial charge in [-0.1, -0.05) is 0 Å². The van der Waals surface area contributed by atoms with Crippen molar-refractivity contribution in [2.45, 2.75) is 90.9 Å². The van der Waals surface area contributed by atoms with Gasteiger partial charge in [0.25, 0.3) is 0 Å². The molecule has 1 aromatic carbocycles. The molecule has 0 spiro atoms. The van der Waals surface area contributed by atoms with Crippen LogP contribution >= 0.6 is 0 Å². The summed E-state index contributed by atoms with van der Waals surface area (Å²) in [6.07, 6.45) is 8.22. The van der Waals surface area contributed by atoms with Crippen molar-refractivity contribution in [3.05, 3.63) is 34.9 Å². The third-order valence-electron chi connectivity index (χ3n) is 5.92. The van der Waals surface area contributed by atoms with Crippen LogP contribution in [0.2, 0.25) is 0 Å². The molecule has 164 valence electrons. The Labute approximate surface area is 188 Å².